The van der Waals surface area contributed by atoms with E-state index in [1.54, 1.807) is 31.4 Å². The van der Waals surface area contributed by atoms with E-state index < -0.39 is 0 Å². The lowest BCUT2D eigenvalue weighted by molar-refractivity contribution is -0.126. The molecule has 1 unspecified atom stereocenters. The molecule has 1 atom stereocenters. The summed E-state index contributed by atoms with van der Waals surface area (Å²) >= 11 is 0. The predicted molar refractivity (Wildman–Crippen MR) is 85.0 cm³/mol. The van der Waals surface area contributed by atoms with Gasteiger partial charge >= 0.3 is 0 Å². The SMILES string of the molecule is Cc1cc(NC(=O)CN2CCCC2C(=O)NCc2ccco2)no1. The number of hydrogen-bond donors (Lipinski definition) is 2. The Balaban J connectivity index is 1.50. The molecule has 2 amide bonds. The summed E-state index contributed by atoms with van der Waals surface area (Å²) in [4.78, 5) is 26.3. The van der Waals surface area contributed by atoms with Crippen LogP contribution in [0.25, 0.3) is 0 Å². The lowest BCUT2D eigenvalue weighted by Crippen LogP contribution is -2.45. The molecule has 1 fully saturated rings. The highest BCUT2D eigenvalue weighted by atomic mass is 16.5. The molecule has 2 aromatic rings. The van der Waals surface area contributed by atoms with E-state index in [4.69, 9.17) is 8.94 Å². The second-order valence-corrected chi connectivity index (χ2v) is 5.80. The van der Waals surface area contributed by atoms with Crippen LogP contribution < -0.4 is 10.6 Å². The second-order valence-electron chi connectivity index (χ2n) is 5.80. The summed E-state index contributed by atoms with van der Waals surface area (Å²) < 4.78 is 10.1. The molecule has 0 aliphatic carbocycles. The highest BCUT2D eigenvalue weighted by molar-refractivity contribution is 5.92. The van der Waals surface area contributed by atoms with Gasteiger partial charge in [-0.2, -0.15) is 0 Å². The molecule has 1 aliphatic heterocycles. The van der Waals surface area contributed by atoms with E-state index in [0.29, 0.717) is 30.4 Å². The van der Waals surface area contributed by atoms with Crippen LogP contribution >= 0.6 is 0 Å². The van der Waals surface area contributed by atoms with Crippen molar-refractivity contribution in [2.75, 3.05) is 18.4 Å². The van der Waals surface area contributed by atoms with Crippen molar-refractivity contribution in [3.63, 3.8) is 0 Å². The molecule has 1 saturated heterocycles. The van der Waals surface area contributed by atoms with Gasteiger partial charge in [-0.15, -0.1) is 0 Å². The number of amides is 2. The number of aryl methyl sites for hydroxylation is 1. The van der Waals surface area contributed by atoms with Crippen LogP contribution in [0.4, 0.5) is 5.82 Å². The van der Waals surface area contributed by atoms with Gasteiger partial charge in [0, 0.05) is 6.07 Å². The van der Waals surface area contributed by atoms with E-state index in [1.165, 1.54) is 0 Å². The van der Waals surface area contributed by atoms with Crippen LogP contribution in [0.2, 0.25) is 0 Å². The van der Waals surface area contributed by atoms with E-state index in [9.17, 15) is 9.59 Å². The molecule has 24 heavy (non-hydrogen) atoms. The fourth-order valence-electron chi connectivity index (χ4n) is 2.81. The summed E-state index contributed by atoms with van der Waals surface area (Å²) in [7, 11) is 0. The van der Waals surface area contributed by atoms with E-state index in [-0.39, 0.29) is 24.4 Å². The Hall–Kier alpha value is -2.61. The smallest absolute Gasteiger partial charge is 0.239 e. The number of rotatable bonds is 6. The van der Waals surface area contributed by atoms with Crippen molar-refractivity contribution < 1.29 is 18.5 Å². The fraction of sp³-hybridized carbons (Fsp3) is 0.438. The molecule has 0 radical (unpaired) electrons. The first kappa shape index (κ1) is 16.3. The van der Waals surface area contributed by atoms with E-state index in [0.717, 1.165) is 12.8 Å². The van der Waals surface area contributed by atoms with Crippen molar-refractivity contribution in [2.24, 2.45) is 0 Å². The average Bonchev–Trinajstić information content (AvgIpc) is 3.27. The quantitative estimate of drug-likeness (QED) is 0.827. The van der Waals surface area contributed by atoms with Gasteiger partial charge < -0.3 is 19.6 Å². The molecule has 2 aromatic heterocycles. The van der Waals surface area contributed by atoms with Gasteiger partial charge in [0.05, 0.1) is 25.4 Å². The van der Waals surface area contributed by atoms with Crippen molar-refractivity contribution in [1.82, 2.24) is 15.4 Å². The Kier molecular flexibility index (Phi) is 4.95. The highest BCUT2D eigenvalue weighted by Crippen LogP contribution is 2.17. The maximum atomic E-state index is 12.3. The monoisotopic (exact) mass is 332 g/mol. The van der Waals surface area contributed by atoms with Crippen LogP contribution in [0.1, 0.15) is 24.4 Å². The minimum Gasteiger partial charge on any atom is -0.467 e. The van der Waals surface area contributed by atoms with E-state index >= 15 is 0 Å². The van der Waals surface area contributed by atoms with Crippen LogP contribution in [0.15, 0.2) is 33.4 Å². The molecule has 8 heteroatoms. The van der Waals surface area contributed by atoms with Crippen LogP contribution in [-0.2, 0) is 16.1 Å². The minimum atomic E-state index is -0.301. The Morgan fingerprint density at radius 2 is 2.33 bits per heavy atom. The van der Waals surface area contributed by atoms with Crippen molar-refractivity contribution in [3.8, 4) is 0 Å². The number of carbonyl (C=O) groups is 2. The summed E-state index contributed by atoms with van der Waals surface area (Å²) in [6, 6.07) is 4.93. The molecule has 0 bridgehead atoms. The third-order valence-electron chi connectivity index (χ3n) is 3.93. The number of carbonyl (C=O) groups excluding carboxylic acids is 2. The Bertz CT molecular complexity index is 695. The summed E-state index contributed by atoms with van der Waals surface area (Å²) in [5.74, 6) is 1.41. The number of aromatic nitrogens is 1. The standard InChI is InChI=1S/C16H20N4O4/c1-11-8-14(19-24-11)18-15(21)10-20-6-2-5-13(20)16(22)17-9-12-4-3-7-23-12/h3-4,7-8,13H,2,5-6,9-10H2,1H3,(H,17,22)(H,18,19,21). The largest absolute Gasteiger partial charge is 0.467 e. The molecule has 8 nitrogen and oxygen atoms in total. The molecule has 3 heterocycles. The van der Waals surface area contributed by atoms with Crippen molar-refractivity contribution in [3.05, 3.63) is 36.0 Å². The summed E-state index contributed by atoms with van der Waals surface area (Å²) in [5, 5.41) is 9.25. The van der Waals surface area contributed by atoms with Crippen molar-refractivity contribution in [1.29, 1.82) is 0 Å². The first-order valence-corrected chi connectivity index (χ1v) is 7.89. The number of nitrogens with one attached hydrogen (secondary N) is 2. The molecular weight excluding hydrogens is 312 g/mol. The normalized spacial score (nSPS) is 17.8. The fourth-order valence-corrected chi connectivity index (χ4v) is 2.81. The number of anilines is 1. The number of hydrogen-bond acceptors (Lipinski definition) is 6. The average molecular weight is 332 g/mol. The first-order chi connectivity index (χ1) is 11.6. The molecule has 2 N–H and O–H groups in total. The Morgan fingerprint density at radius 1 is 1.46 bits per heavy atom. The zero-order valence-corrected chi connectivity index (χ0v) is 13.4. The predicted octanol–water partition coefficient (Wildman–Crippen LogP) is 1.30. The summed E-state index contributed by atoms with van der Waals surface area (Å²) in [6.07, 6.45) is 3.19. The van der Waals surface area contributed by atoms with Gasteiger partial charge in [0.25, 0.3) is 0 Å². The van der Waals surface area contributed by atoms with Gasteiger partial charge in [0.15, 0.2) is 5.82 Å². The van der Waals surface area contributed by atoms with Crippen LogP contribution in [-0.4, -0.2) is 41.0 Å². The molecular formula is C16H20N4O4. The van der Waals surface area contributed by atoms with Crippen LogP contribution in [0.5, 0.6) is 0 Å². The van der Waals surface area contributed by atoms with Gasteiger partial charge in [0.1, 0.15) is 11.5 Å². The molecule has 3 rings (SSSR count). The lowest BCUT2D eigenvalue weighted by Gasteiger charge is -2.22. The molecule has 128 valence electrons. The first-order valence-electron chi connectivity index (χ1n) is 7.89. The topological polar surface area (TPSA) is 101 Å². The van der Waals surface area contributed by atoms with Gasteiger partial charge in [-0.05, 0) is 38.4 Å². The summed E-state index contributed by atoms with van der Waals surface area (Å²) in [5.41, 5.74) is 0. The summed E-state index contributed by atoms with van der Waals surface area (Å²) in [6.45, 7) is 2.96. The van der Waals surface area contributed by atoms with Gasteiger partial charge in [0.2, 0.25) is 11.8 Å². The van der Waals surface area contributed by atoms with E-state index in [2.05, 4.69) is 15.8 Å². The van der Waals surface area contributed by atoms with Gasteiger partial charge in [-0.3, -0.25) is 14.5 Å². The number of furan rings is 1. The van der Waals surface area contributed by atoms with Crippen molar-refractivity contribution >= 4 is 17.6 Å². The maximum absolute atomic E-state index is 12.3. The Labute approximate surface area is 139 Å². The van der Waals surface area contributed by atoms with E-state index in [1.807, 2.05) is 4.90 Å². The van der Waals surface area contributed by atoms with Gasteiger partial charge in [-0.1, -0.05) is 5.16 Å². The third kappa shape index (κ3) is 4.02. The van der Waals surface area contributed by atoms with Crippen LogP contribution in [0.3, 0.4) is 0 Å². The molecule has 1 aliphatic rings. The second kappa shape index (κ2) is 7.31. The van der Waals surface area contributed by atoms with Crippen molar-refractivity contribution in [2.45, 2.75) is 32.4 Å². The van der Waals surface area contributed by atoms with Gasteiger partial charge in [-0.25, -0.2) is 0 Å². The molecule has 0 saturated carbocycles. The molecule has 0 aromatic carbocycles. The maximum Gasteiger partial charge on any atom is 0.239 e. The zero-order chi connectivity index (χ0) is 16.9. The number of nitrogens with zero attached hydrogens (tertiary/aromatic N) is 2. The zero-order valence-electron chi connectivity index (χ0n) is 13.4. The highest BCUT2D eigenvalue weighted by Gasteiger charge is 2.31. The third-order valence-corrected chi connectivity index (χ3v) is 3.93. The Morgan fingerprint density at radius 3 is 3.04 bits per heavy atom. The minimum absolute atomic E-state index is 0.0889. The molecule has 0 spiro atoms. The number of likely N-dealkylation sites (tertiary alicyclic amines) is 1. The van der Waals surface area contributed by atoms with Crippen LogP contribution in [0, 0.1) is 6.92 Å². The lowest BCUT2D eigenvalue weighted by atomic mass is 10.2.